The molecule has 0 spiro atoms. The van der Waals surface area contributed by atoms with Crippen LogP contribution in [0.15, 0.2) is 36.5 Å². The Hall–Kier alpha value is -2.14. The predicted octanol–water partition coefficient (Wildman–Crippen LogP) is 3.92. The second-order valence-electron chi connectivity index (χ2n) is 5.68. The number of nitrogens with one attached hydrogen (secondary N) is 1. The van der Waals surface area contributed by atoms with Crippen molar-refractivity contribution in [2.45, 2.75) is 33.4 Å². The molecule has 1 aromatic carbocycles. The molecule has 2 aromatic rings. The molecule has 5 heteroatoms. The number of aliphatic hydroxyl groups excluding tert-OH is 1. The van der Waals surface area contributed by atoms with Crippen molar-refractivity contribution in [3.05, 3.63) is 53.6 Å². The molecule has 4 nitrogen and oxygen atoms in total. The van der Waals surface area contributed by atoms with E-state index in [-0.39, 0.29) is 24.4 Å². The fraction of sp³-hybridized carbons (Fsp3) is 0.389. The number of aromatic nitrogens is 1. The first-order valence-corrected chi connectivity index (χ1v) is 7.79. The van der Waals surface area contributed by atoms with Crippen LogP contribution in [0, 0.1) is 11.7 Å². The lowest BCUT2D eigenvalue weighted by Gasteiger charge is -2.23. The number of anilines is 1. The standard InChI is InChI=1S/C18H23FN2O2/c1-4-23-17-8-6-15(9-13(17)11-22)21-18(12(2)3)16-7-5-14(19)10-20-16/h5-10,12,18,21-22H,4,11H2,1-3H3. The molecular formula is C18H23FN2O2. The maximum Gasteiger partial charge on any atom is 0.141 e. The Balaban J connectivity index is 2.24. The third-order valence-corrected chi connectivity index (χ3v) is 3.59. The molecule has 0 aliphatic rings. The topological polar surface area (TPSA) is 54.4 Å². The molecule has 0 radical (unpaired) electrons. The quantitative estimate of drug-likeness (QED) is 0.812. The maximum atomic E-state index is 13.1. The number of ether oxygens (including phenoxy) is 1. The predicted molar refractivity (Wildman–Crippen MR) is 88.9 cm³/mol. The van der Waals surface area contributed by atoms with E-state index in [1.54, 1.807) is 6.07 Å². The monoisotopic (exact) mass is 318 g/mol. The molecule has 0 amide bonds. The number of hydrogen-bond acceptors (Lipinski definition) is 4. The molecule has 0 fully saturated rings. The van der Waals surface area contributed by atoms with Gasteiger partial charge in [-0.05, 0) is 43.2 Å². The van der Waals surface area contributed by atoms with E-state index < -0.39 is 0 Å². The Morgan fingerprint density at radius 3 is 2.61 bits per heavy atom. The third kappa shape index (κ3) is 4.42. The van der Waals surface area contributed by atoms with Gasteiger partial charge in [-0.1, -0.05) is 13.8 Å². The van der Waals surface area contributed by atoms with Crippen molar-refractivity contribution in [1.82, 2.24) is 4.98 Å². The number of benzene rings is 1. The lowest BCUT2D eigenvalue weighted by Crippen LogP contribution is -2.18. The van der Waals surface area contributed by atoms with Gasteiger partial charge in [0.2, 0.25) is 0 Å². The van der Waals surface area contributed by atoms with Gasteiger partial charge in [-0.15, -0.1) is 0 Å². The number of halogens is 1. The van der Waals surface area contributed by atoms with Gasteiger partial charge in [-0.3, -0.25) is 4.98 Å². The van der Waals surface area contributed by atoms with Gasteiger partial charge < -0.3 is 15.2 Å². The van der Waals surface area contributed by atoms with Gasteiger partial charge >= 0.3 is 0 Å². The van der Waals surface area contributed by atoms with Crippen LogP contribution in [-0.4, -0.2) is 16.7 Å². The Bertz CT molecular complexity index is 629. The van der Waals surface area contributed by atoms with Crippen LogP contribution >= 0.6 is 0 Å². The molecule has 0 saturated heterocycles. The maximum absolute atomic E-state index is 13.1. The smallest absolute Gasteiger partial charge is 0.141 e. The van der Waals surface area contributed by atoms with Crippen molar-refractivity contribution in [2.75, 3.05) is 11.9 Å². The molecule has 0 aliphatic carbocycles. The highest BCUT2D eigenvalue weighted by atomic mass is 19.1. The van der Waals surface area contributed by atoms with E-state index in [1.807, 2.05) is 25.1 Å². The molecule has 2 rings (SSSR count). The SMILES string of the molecule is CCOc1ccc(NC(c2ccc(F)cn2)C(C)C)cc1CO. The molecule has 1 heterocycles. The highest BCUT2D eigenvalue weighted by Crippen LogP contribution is 2.28. The average molecular weight is 318 g/mol. The zero-order valence-corrected chi connectivity index (χ0v) is 13.7. The van der Waals surface area contributed by atoms with Gasteiger partial charge in [0.25, 0.3) is 0 Å². The molecule has 0 bridgehead atoms. The average Bonchev–Trinajstić information content (AvgIpc) is 2.54. The summed E-state index contributed by atoms with van der Waals surface area (Å²) in [4.78, 5) is 4.17. The van der Waals surface area contributed by atoms with Crippen LogP contribution in [0.3, 0.4) is 0 Å². The van der Waals surface area contributed by atoms with E-state index in [0.29, 0.717) is 12.4 Å². The number of hydrogen-bond donors (Lipinski definition) is 2. The lowest BCUT2D eigenvalue weighted by molar-refractivity contribution is 0.267. The van der Waals surface area contributed by atoms with Crippen LogP contribution in [-0.2, 0) is 6.61 Å². The summed E-state index contributed by atoms with van der Waals surface area (Å²) in [5, 5.41) is 12.9. The van der Waals surface area contributed by atoms with E-state index in [0.717, 1.165) is 16.9 Å². The summed E-state index contributed by atoms with van der Waals surface area (Å²) in [6.45, 7) is 6.51. The third-order valence-electron chi connectivity index (χ3n) is 3.59. The van der Waals surface area contributed by atoms with Crippen molar-refractivity contribution in [3.63, 3.8) is 0 Å². The van der Waals surface area contributed by atoms with Crippen molar-refractivity contribution in [2.24, 2.45) is 5.92 Å². The number of pyridine rings is 1. The van der Waals surface area contributed by atoms with Crippen LogP contribution in [0.5, 0.6) is 5.75 Å². The van der Waals surface area contributed by atoms with E-state index in [9.17, 15) is 9.50 Å². The first-order valence-electron chi connectivity index (χ1n) is 7.79. The summed E-state index contributed by atoms with van der Waals surface area (Å²) in [6.07, 6.45) is 1.23. The van der Waals surface area contributed by atoms with Crippen molar-refractivity contribution in [1.29, 1.82) is 0 Å². The number of rotatable bonds is 7. The molecule has 0 saturated carbocycles. The fourth-order valence-electron chi connectivity index (χ4n) is 2.42. The molecule has 124 valence electrons. The molecular weight excluding hydrogens is 295 g/mol. The Labute approximate surface area is 136 Å². The molecule has 1 unspecified atom stereocenters. The zero-order valence-electron chi connectivity index (χ0n) is 13.7. The summed E-state index contributed by atoms with van der Waals surface area (Å²) in [5.74, 6) is 0.596. The second kappa shape index (κ2) is 7.92. The number of aliphatic hydroxyl groups is 1. The van der Waals surface area contributed by atoms with E-state index in [1.165, 1.54) is 12.3 Å². The van der Waals surface area contributed by atoms with Gasteiger partial charge in [0.1, 0.15) is 11.6 Å². The Morgan fingerprint density at radius 1 is 1.26 bits per heavy atom. The van der Waals surface area contributed by atoms with Crippen LogP contribution in [0.2, 0.25) is 0 Å². The van der Waals surface area contributed by atoms with E-state index in [4.69, 9.17) is 4.74 Å². The first-order chi connectivity index (χ1) is 11.0. The number of nitrogens with zero attached hydrogens (tertiary/aromatic N) is 1. The summed E-state index contributed by atoms with van der Waals surface area (Å²) in [6, 6.07) is 8.66. The zero-order chi connectivity index (χ0) is 16.8. The normalized spacial score (nSPS) is 12.3. The van der Waals surface area contributed by atoms with E-state index in [2.05, 4.69) is 24.1 Å². The second-order valence-corrected chi connectivity index (χ2v) is 5.68. The molecule has 1 atom stereocenters. The minimum atomic E-state index is -0.347. The van der Waals surface area contributed by atoms with E-state index >= 15 is 0 Å². The minimum absolute atomic E-state index is 0.0555. The van der Waals surface area contributed by atoms with Crippen LogP contribution in [0.1, 0.15) is 38.1 Å². The minimum Gasteiger partial charge on any atom is -0.494 e. The Kier molecular flexibility index (Phi) is 5.93. The summed E-state index contributed by atoms with van der Waals surface area (Å²) >= 11 is 0. The van der Waals surface area contributed by atoms with Crippen molar-refractivity contribution in [3.8, 4) is 5.75 Å². The van der Waals surface area contributed by atoms with Crippen LogP contribution in [0.4, 0.5) is 10.1 Å². The summed E-state index contributed by atoms with van der Waals surface area (Å²) < 4.78 is 18.6. The summed E-state index contributed by atoms with van der Waals surface area (Å²) in [5.41, 5.74) is 2.37. The fourth-order valence-corrected chi connectivity index (χ4v) is 2.42. The van der Waals surface area contributed by atoms with Gasteiger partial charge in [0.05, 0.1) is 31.1 Å². The lowest BCUT2D eigenvalue weighted by atomic mass is 9.99. The highest BCUT2D eigenvalue weighted by molar-refractivity contribution is 5.52. The molecule has 2 N–H and O–H groups in total. The van der Waals surface area contributed by atoms with Crippen LogP contribution < -0.4 is 10.1 Å². The molecule has 23 heavy (non-hydrogen) atoms. The highest BCUT2D eigenvalue weighted by Gasteiger charge is 2.18. The molecule has 1 aromatic heterocycles. The summed E-state index contributed by atoms with van der Waals surface area (Å²) in [7, 11) is 0. The van der Waals surface area contributed by atoms with Gasteiger partial charge in [0.15, 0.2) is 0 Å². The largest absolute Gasteiger partial charge is 0.494 e. The molecule has 0 aliphatic heterocycles. The van der Waals surface area contributed by atoms with Crippen molar-refractivity contribution >= 4 is 5.69 Å². The van der Waals surface area contributed by atoms with Gasteiger partial charge in [-0.2, -0.15) is 0 Å². The first kappa shape index (κ1) is 17.2. The van der Waals surface area contributed by atoms with Gasteiger partial charge in [0, 0.05) is 11.3 Å². The van der Waals surface area contributed by atoms with Gasteiger partial charge in [-0.25, -0.2) is 4.39 Å². The Morgan fingerprint density at radius 2 is 2.04 bits per heavy atom. The van der Waals surface area contributed by atoms with Crippen molar-refractivity contribution < 1.29 is 14.2 Å². The van der Waals surface area contributed by atoms with Crippen LogP contribution in [0.25, 0.3) is 0 Å².